The van der Waals surface area contributed by atoms with Crippen molar-refractivity contribution in [2.24, 2.45) is 0 Å². The second-order valence-electron chi connectivity index (χ2n) is 5.51. The first kappa shape index (κ1) is 14.9. The number of hydrogen-bond acceptors (Lipinski definition) is 3. The van der Waals surface area contributed by atoms with E-state index in [1.54, 1.807) is 0 Å². The van der Waals surface area contributed by atoms with Crippen molar-refractivity contribution in [1.29, 1.82) is 0 Å². The number of likely N-dealkylation sites (tertiary alicyclic amines) is 1. The van der Waals surface area contributed by atoms with E-state index in [1.165, 1.54) is 45.3 Å². The van der Waals surface area contributed by atoms with Gasteiger partial charge in [0.1, 0.15) is 0 Å². The standard InChI is InChI=1S/C14H31N3/c1-5-13(6-2)15-9-11-17(4)14-8-7-10-16(3)12-14/h13-15H,5-12H2,1-4H3. The van der Waals surface area contributed by atoms with Crippen molar-refractivity contribution in [3.8, 4) is 0 Å². The summed E-state index contributed by atoms with van der Waals surface area (Å²) < 4.78 is 0. The van der Waals surface area contributed by atoms with Crippen LogP contribution in [0.25, 0.3) is 0 Å². The van der Waals surface area contributed by atoms with Crippen LogP contribution in [-0.2, 0) is 0 Å². The van der Waals surface area contributed by atoms with Crippen molar-refractivity contribution >= 4 is 0 Å². The van der Waals surface area contributed by atoms with Crippen LogP contribution in [0.2, 0.25) is 0 Å². The van der Waals surface area contributed by atoms with Gasteiger partial charge in [-0.15, -0.1) is 0 Å². The SMILES string of the molecule is CCC(CC)NCCN(C)C1CCCN(C)C1. The Morgan fingerprint density at radius 2 is 2.06 bits per heavy atom. The van der Waals surface area contributed by atoms with Gasteiger partial charge in [-0.05, 0) is 46.3 Å². The third kappa shape index (κ3) is 5.36. The van der Waals surface area contributed by atoms with Gasteiger partial charge >= 0.3 is 0 Å². The molecule has 1 N–H and O–H groups in total. The molecule has 0 saturated carbocycles. The zero-order valence-corrected chi connectivity index (χ0v) is 12.2. The van der Waals surface area contributed by atoms with Crippen LogP contribution in [0.3, 0.4) is 0 Å². The van der Waals surface area contributed by atoms with Crippen LogP contribution in [0.1, 0.15) is 39.5 Å². The lowest BCUT2D eigenvalue weighted by atomic mass is 10.1. The summed E-state index contributed by atoms with van der Waals surface area (Å²) in [6, 6.07) is 1.47. The van der Waals surface area contributed by atoms with Crippen molar-refractivity contribution in [3.05, 3.63) is 0 Å². The van der Waals surface area contributed by atoms with E-state index >= 15 is 0 Å². The molecule has 0 amide bonds. The average molecular weight is 241 g/mol. The van der Waals surface area contributed by atoms with Crippen molar-refractivity contribution in [2.75, 3.05) is 40.3 Å². The van der Waals surface area contributed by atoms with E-state index in [-0.39, 0.29) is 0 Å². The van der Waals surface area contributed by atoms with Crippen LogP contribution in [0.5, 0.6) is 0 Å². The minimum Gasteiger partial charge on any atom is -0.313 e. The number of hydrogen-bond donors (Lipinski definition) is 1. The summed E-state index contributed by atoms with van der Waals surface area (Å²) in [7, 11) is 4.51. The molecule has 1 saturated heterocycles. The number of piperidine rings is 1. The fourth-order valence-corrected chi connectivity index (χ4v) is 2.70. The zero-order chi connectivity index (χ0) is 12.7. The van der Waals surface area contributed by atoms with Crippen molar-refractivity contribution in [3.63, 3.8) is 0 Å². The summed E-state index contributed by atoms with van der Waals surface area (Å²) in [4.78, 5) is 4.99. The molecule has 0 aromatic rings. The van der Waals surface area contributed by atoms with E-state index in [9.17, 15) is 0 Å². The molecule has 0 radical (unpaired) electrons. The number of nitrogens with zero attached hydrogens (tertiary/aromatic N) is 2. The molecule has 1 heterocycles. The molecule has 0 bridgehead atoms. The molecular formula is C14H31N3. The quantitative estimate of drug-likeness (QED) is 0.733. The molecule has 0 aromatic carbocycles. The molecule has 17 heavy (non-hydrogen) atoms. The lowest BCUT2D eigenvalue weighted by Crippen LogP contribution is -2.47. The van der Waals surface area contributed by atoms with E-state index in [1.807, 2.05) is 0 Å². The molecule has 3 heteroatoms. The second-order valence-corrected chi connectivity index (χ2v) is 5.51. The molecule has 1 fully saturated rings. The Morgan fingerprint density at radius 3 is 2.65 bits per heavy atom. The van der Waals surface area contributed by atoms with E-state index in [0.717, 1.165) is 12.6 Å². The molecule has 1 rings (SSSR count). The van der Waals surface area contributed by atoms with E-state index in [0.29, 0.717) is 6.04 Å². The maximum absolute atomic E-state index is 3.65. The smallest absolute Gasteiger partial charge is 0.0221 e. The highest BCUT2D eigenvalue weighted by Crippen LogP contribution is 2.12. The minimum absolute atomic E-state index is 0.706. The van der Waals surface area contributed by atoms with Gasteiger partial charge in [0.2, 0.25) is 0 Å². The number of nitrogens with one attached hydrogen (secondary N) is 1. The van der Waals surface area contributed by atoms with Crippen molar-refractivity contribution < 1.29 is 0 Å². The molecule has 0 spiro atoms. The topological polar surface area (TPSA) is 18.5 Å². The minimum atomic E-state index is 0.706. The number of likely N-dealkylation sites (N-methyl/N-ethyl adjacent to an activating group) is 2. The molecule has 1 aliphatic rings. The summed E-state index contributed by atoms with van der Waals surface area (Å²) in [5.41, 5.74) is 0. The maximum atomic E-state index is 3.65. The summed E-state index contributed by atoms with van der Waals surface area (Å²) in [5, 5.41) is 3.65. The third-order valence-corrected chi connectivity index (χ3v) is 4.11. The second kappa shape index (κ2) is 8.06. The molecule has 1 atom stereocenters. The molecule has 1 aliphatic heterocycles. The third-order valence-electron chi connectivity index (χ3n) is 4.11. The van der Waals surface area contributed by atoms with Gasteiger partial charge in [0.15, 0.2) is 0 Å². The van der Waals surface area contributed by atoms with Crippen molar-refractivity contribution in [2.45, 2.75) is 51.6 Å². The highest BCUT2D eigenvalue weighted by Gasteiger charge is 2.20. The fraction of sp³-hybridized carbons (Fsp3) is 1.00. The van der Waals surface area contributed by atoms with Gasteiger partial charge < -0.3 is 15.1 Å². The van der Waals surface area contributed by atoms with Crippen LogP contribution in [0.4, 0.5) is 0 Å². The Kier molecular flexibility index (Phi) is 7.09. The zero-order valence-electron chi connectivity index (χ0n) is 12.2. The largest absolute Gasteiger partial charge is 0.313 e. The normalized spacial score (nSPS) is 22.6. The average Bonchev–Trinajstić information content (AvgIpc) is 2.34. The van der Waals surface area contributed by atoms with Crippen LogP contribution in [0.15, 0.2) is 0 Å². The van der Waals surface area contributed by atoms with Crippen LogP contribution in [0, 0.1) is 0 Å². The predicted molar refractivity (Wildman–Crippen MR) is 75.5 cm³/mol. The first-order chi connectivity index (χ1) is 8.17. The molecule has 0 aromatic heterocycles. The Bertz CT molecular complexity index is 192. The first-order valence-electron chi connectivity index (χ1n) is 7.29. The van der Waals surface area contributed by atoms with Gasteiger partial charge in [-0.1, -0.05) is 13.8 Å². The van der Waals surface area contributed by atoms with Gasteiger partial charge in [0.05, 0.1) is 0 Å². The van der Waals surface area contributed by atoms with Crippen molar-refractivity contribution in [1.82, 2.24) is 15.1 Å². The van der Waals surface area contributed by atoms with Gasteiger partial charge in [-0.2, -0.15) is 0 Å². The monoisotopic (exact) mass is 241 g/mol. The molecule has 1 unspecified atom stereocenters. The van der Waals surface area contributed by atoms with E-state index < -0.39 is 0 Å². The van der Waals surface area contributed by atoms with E-state index in [2.05, 4.69) is 43.1 Å². The van der Waals surface area contributed by atoms with E-state index in [4.69, 9.17) is 0 Å². The summed E-state index contributed by atoms with van der Waals surface area (Å²) in [5.74, 6) is 0. The molecule has 3 nitrogen and oxygen atoms in total. The van der Waals surface area contributed by atoms with Gasteiger partial charge in [-0.3, -0.25) is 0 Å². The lowest BCUT2D eigenvalue weighted by Gasteiger charge is -2.36. The van der Waals surface area contributed by atoms with Gasteiger partial charge in [0, 0.05) is 31.7 Å². The molecule has 102 valence electrons. The molecular weight excluding hydrogens is 210 g/mol. The predicted octanol–water partition coefficient (Wildman–Crippen LogP) is 1.79. The highest BCUT2D eigenvalue weighted by atomic mass is 15.2. The Labute approximate surface area is 108 Å². The maximum Gasteiger partial charge on any atom is 0.0221 e. The van der Waals surface area contributed by atoms with Gasteiger partial charge in [-0.25, -0.2) is 0 Å². The summed E-state index contributed by atoms with van der Waals surface area (Å²) in [6.07, 6.45) is 5.20. The first-order valence-corrected chi connectivity index (χ1v) is 7.29. The Balaban J connectivity index is 2.17. The van der Waals surface area contributed by atoms with Crippen LogP contribution < -0.4 is 5.32 Å². The highest BCUT2D eigenvalue weighted by molar-refractivity contribution is 4.78. The van der Waals surface area contributed by atoms with Crippen LogP contribution in [-0.4, -0.2) is 62.2 Å². The molecule has 0 aliphatic carbocycles. The van der Waals surface area contributed by atoms with Gasteiger partial charge in [0.25, 0.3) is 0 Å². The van der Waals surface area contributed by atoms with Crippen LogP contribution >= 0.6 is 0 Å². The fourth-order valence-electron chi connectivity index (χ4n) is 2.70. The summed E-state index contributed by atoms with van der Waals surface area (Å²) in [6.45, 7) is 9.35. The Hall–Kier alpha value is -0.120. The number of rotatable bonds is 7. The Morgan fingerprint density at radius 1 is 1.35 bits per heavy atom. The lowest BCUT2D eigenvalue weighted by molar-refractivity contribution is 0.134. The summed E-state index contributed by atoms with van der Waals surface area (Å²) >= 11 is 0.